The summed E-state index contributed by atoms with van der Waals surface area (Å²) in [5, 5.41) is 33.5. The Balaban J connectivity index is 3.40. The second kappa shape index (κ2) is 47.0. The molecule has 3 atom stereocenters. The summed E-state index contributed by atoms with van der Waals surface area (Å²) in [6, 6.07) is -0.802. The fourth-order valence-electron chi connectivity index (χ4n) is 8.46. The molecule has 0 rings (SSSR count). The van der Waals surface area contributed by atoms with Gasteiger partial charge in [0.15, 0.2) is 0 Å². The summed E-state index contributed by atoms with van der Waals surface area (Å²) >= 11 is 0. The number of unbranched alkanes of at least 4 members (excludes halogenated alkanes) is 40. The first-order valence-corrected chi connectivity index (χ1v) is 25.8. The Bertz CT molecular complexity index is 747. The molecule has 0 spiro atoms. The van der Waals surface area contributed by atoms with E-state index in [4.69, 9.17) is 0 Å². The third kappa shape index (κ3) is 41.5. The summed E-state index contributed by atoms with van der Waals surface area (Å²) < 4.78 is 0. The molecule has 0 aliphatic heterocycles. The van der Waals surface area contributed by atoms with Crippen LogP contribution in [-0.2, 0) is 4.79 Å². The Kier molecular flexibility index (Phi) is 46.5. The van der Waals surface area contributed by atoms with E-state index < -0.39 is 18.2 Å². The molecular weight excluding hydrogens is 691 g/mol. The second-order valence-electron chi connectivity index (χ2n) is 18.1. The van der Waals surface area contributed by atoms with Gasteiger partial charge in [-0.1, -0.05) is 277 Å². The van der Waals surface area contributed by atoms with E-state index in [1.54, 1.807) is 0 Å². The van der Waals surface area contributed by atoms with Crippen LogP contribution in [0, 0.1) is 0 Å². The molecule has 0 aliphatic carbocycles. The minimum absolute atomic E-state index is 0.139. The lowest BCUT2D eigenvalue weighted by atomic mass is 9.99. The molecule has 56 heavy (non-hydrogen) atoms. The van der Waals surface area contributed by atoms with Crippen LogP contribution in [0.15, 0.2) is 0 Å². The van der Waals surface area contributed by atoms with Crippen LogP contribution in [0.25, 0.3) is 0 Å². The molecular formula is C51H103NO4. The lowest BCUT2D eigenvalue weighted by Crippen LogP contribution is -2.50. The van der Waals surface area contributed by atoms with Crippen molar-refractivity contribution in [3.05, 3.63) is 0 Å². The Morgan fingerprint density at radius 3 is 0.857 bits per heavy atom. The van der Waals surface area contributed by atoms with Gasteiger partial charge < -0.3 is 20.6 Å². The highest BCUT2D eigenvalue weighted by Gasteiger charge is 2.26. The van der Waals surface area contributed by atoms with Gasteiger partial charge >= 0.3 is 0 Å². The Labute approximate surface area is 351 Å². The highest BCUT2D eigenvalue weighted by atomic mass is 16.3. The van der Waals surface area contributed by atoms with Gasteiger partial charge in [-0.15, -0.1) is 0 Å². The fourth-order valence-corrected chi connectivity index (χ4v) is 8.46. The monoisotopic (exact) mass is 794 g/mol. The van der Waals surface area contributed by atoms with Crippen LogP contribution in [0.5, 0.6) is 0 Å². The van der Waals surface area contributed by atoms with Gasteiger partial charge in [-0.05, 0) is 12.8 Å². The maximum absolute atomic E-state index is 12.4. The molecule has 0 saturated carbocycles. The van der Waals surface area contributed by atoms with E-state index in [1.165, 1.54) is 231 Å². The van der Waals surface area contributed by atoms with E-state index in [-0.39, 0.29) is 12.5 Å². The van der Waals surface area contributed by atoms with Crippen LogP contribution >= 0.6 is 0 Å². The first-order chi connectivity index (χ1) is 27.6. The first kappa shape index (κ1) is 55.4. The van der Waals surface area contributed by atoms with Crippen molar-refractivity contribution in [1.29, 1.82) is 0 Å². The molecule has 0 aromatic heterocycles. The molecule has 0 unspecified atom stereocenters. The Morgan fingerprint density at radius 1 is 0.375 bits per heavy atom. The lowest BCUT2D eigenvalue weighted by Gasteiger charge is -2.26. The maximum atomic E-state index is 12.4. The van der Waals surface area contributed by atoms with Gasteiger partial charge in [-0.2, -0.15) is 0 Å². The van der Waals surface area contributed by atoms with Gasteiger partial charge in [0.25, 0.3) is 0 Å². The molecule has 0 saturated heterocycles. The minimum atomic E-state index is -1.13. The summed E-state index contributed by atoms with van der Waals surface area (Å²) in [5.74, 6) is -0.139. The molecule has 0 bridgehead atoms. The fraction of sp³-hybridized carbons (Fsp3) is 0.980. The molecule has 336 valence electrons. The zero-order valence-electron chi connectivity index (χ0n) is 38.3. The van der Waals surface area contributed by atoms with Crippen molar-refractivity contribution < 1.29 is 20.1 Å². The van der Waals surface area contributed by atoms with Crippen molar-refractivity contribution in [2.75, 3.05) is 6.61 Å². The first-order valence-electron chi connectivity index (χ1n) is 25.8. The molecule has 0 radical (unpaired) electrons. The summed E-state index contributed by atoms with van der Waals surface area (Å²) in [5.41, 5.74) is 0. The third-order valence-electron chi connectivity index (χ3n) is 12.5. The molecule has 0 aliphatic rings. The van der Waals surface area contributed by atoms with Crippen molar-refractivity contribution in [2.45, 2.75) is 315 Å². The SMILES string of the molecule is CCCCCCCCCCCCCCCCCCCCCCCCCCCCCCCCCCC(=O)N[C@@H](CO)[C@H](O)[C@H](O)CCCCCCCCCCCC. The number of amides is 1. The van der Waals surface area contributed by atoms with Crippen molar-refractivity contribution in [1.82, 2.24) is 5.32 Å². The van der Waals surface area contributed by atoms with E-state index in [1.807, 2.05) is 0 Å². The van der Waals surface area contributed by atoms with Gasteiger partial charge in [0.2, 0.25) is 5.91 Å². The molecule has 0 aromatic carbocycles. The number of hydrogen-bond acceptors (Lipinski definition) is 4. The predicted octanol–water partition coefficient (Wildman–Crippen LogP) is 15.4. The van der Waals surface area contributed by atoms with Crippen LogP contribution < -0.4 is 5.32 Å². The van der Waals surface area contributed by atoms with Crippen molar-refractivity contribution in [3.63, 3.8) is 0 Å². The van der Waals surface area contributed by atoms with Crippen LogP contribution in [0.4, 0.5) is 0 Å². The van der Waals surface area contributed by atoms with E-state index >= 15 is 0 Å². The summed E-state index contributed by atoms with van der Waals surface area (Å²) in [6.07, 6.45) is 55.5. The smallest absolute Gasteiger partial charge is 0.220 e. The van der Waals surface area contributed by atoms with Gasteiger partial charge in [0, 0.05) is 6.42 Å². The molecule has 0 aromatic rings. The summed E-state index contributed by atoms with van der Waals surface area (Å²) in [6.45, 7) is 4.19. The highest BCUT2D eigenvalue weighted by molar-refractivity contribution is 5.76. The molecule has 5 heteroatoms. The number of carbonyl (C=O) groups excluding carboxylic acids is 1. The van der Waals surface area contributed by atoms with E-state index in [0.29, 0.717) is 12.8 Å². The molecule has 0 heterocycles. The second-order valence-corrected chi connectivity index (χ2v) is 18.1. The molecule has 1 amide bonds. The van der Waals surface area contributed by atoms with E-state index in [0.717, 1.165) is 38.5 Å². The van der Waals surface area contributed by atoms with E-state index in [9.17, 15) is 20.1 Å². The summed E-state index contributed by atoms with van der Waals surface area (Å²) in [4.78, 5) is 12.4. The summed E-state index contributed by atoms with van der Waals surface area (Å²) in [7, 11) is 0. The van der Waals surface area contributed by atoms with Gasteiger partial charge in [0.1, 0.15) is 6.10 Å². The van der Waals surface area contributed by atoms with Gasteiger partial charge in [0.05, 0.1) is 18.8 Å². The zero-order valence-corrected chi connectivity index (χ0v) is 38.3. The zero-order chi connectivity index (χ0) is 40.8. The predicted molar refractivity (Wildman–Crippen MR) is 246 cm³/mol. The van der Waals surface area contributed by atoms with Crippen molar-refractivity contribution in [2.24, 2.45) is 0 Å². The van der Waals surface area contributed by atoms with Crippen LogP contribution in [0.1, 0.15) is 296 Å². The quantitative estimate of drug-likeness (QED) is 0.0462. The van der Waals surface area contributed by atoms with Crippen molar-refractivity contribution >= 4 is 5.91 Å². The van der Waals surface area contributed by atoms with Gasteiger partial charge in [-0.3, -0.25) is 4.79 Å². The average molecular weight is 794 g/mol. The largest absolute Gasteiger partial charge is 0.394 e. The number of carbonyl (C=O) groups is 1. The number of hydrogen-bond donors (Lipinski definition) is 4. The van der Waals surface area contributed by atoms with Crippen LogP contribution in [0.2, 0.25) is 0 Å². The Morgan fingerprint density at radius 2 is 0.607 bits per heavy atom. The van der Waals surface area contributed by atoms with Gasteiger partial charge in [-0.25, -0.2) is 0 Å². The lowest BCUT2D eigenvalue weighted by molar-refractivity contribution is -0.124. The van der Waals surface area contributed by atoms with Crippen molar-refractivity contribution in [3.8, 4) is 0 Å². The topological polar surface area (TPSA) is 89.8 Å². The molecule has 5 nitrogen and oxygen atoms in total. The molecule has 4 N–H and O–H groups in total. The maximum Gasteiger partial charge on any atom is 0.220 e. The normalized spacial score (nSPS) is 13.3. The third-order valence-corrected chi connectivity index (χ3v) is 12.5. The molecule has 0 fully saturated rings. The number of aliphatic hydroxyl groups is 3. The minimum Gasteiger partial charge on any atom is -0.394 e. The average Bonchev–Trinajstić information content (AvgIpc) is 3.20. The van der Waals surface area contributed by atoms with Crippen LogP contribution in [0.3, 0.4) is 0 Å². The number of aliphatic hydroxyl groups excluding tert-OH is 3. The Hall–Kier alpha value is -0.650. The standard InChI is InChI=1S/C51H103NO4/c1-3-5-7-9-11-13-15-16-17-18-19-20-21-22-23-24-25-26-27-28-29-30-31-32-33-34-35-36-38-40-42-44-46-50(55)52-48(47-53)51(56)49(54)45-43-41-39-37-14-12-10-8-6-4-2/h48-49,51,53-54,56H,3-47H2,1-2H3,(H,52,55)/t48-,49+,51-/m0/s1. The highest BCUT2D eigenvalue weighted by Crippen LogP contribution is 2.18. The van der Waals surface area contributed by atoms with E-state index in [2.05, 4.69) is 19.2 Å². The van der Waals surface area contributed by atoms with Crippen LogP contribution in [-0.4, -0.2) is 46.1 Å². The number of rotatable bonds is 48. The number of nitrogens with one attached hydrogen (secondary N) is 1.